The number of hydrogen-bond donors (Lipinski definition) is 1. The van der Waals surface area contributed by atoms with Crippen molar-refractivity contribution in [1.29, 1.82) is 0 Å². The third-order valence-electron chi connectivity index (χ3n) is 3.08. The maximum absolute atomic E-state index is 11.6. The van der Waals surface area contributed by atoms with E-state index in [1.165, 1.54) is 19.1 Å². The SMILES string of the molecule is CCOC(=O)CCn1c(=NC(C)=O)sc2cc(S(N)(=O)=O)ccc21. The van der Waals surface area contributed by atoms with Crippen molar-refractivity contribution >= 4 is 43.5 Å². The maximum atomic E-state index is 11.6. The van der Waals surface area contributed by atoms with Gasteiger partial charge in [-0.3, -0.25) is 9.59 Å². The lowest BCUT2D eigenvalue weighted by atomic mass is 10.3. The quantitative estimate of drug-likeness (QED) is 0.778. The van der Waals surface area contributed by atoms with Gasteiger partial charge < -0.3 is 9.30 Å². The van der Waals surface area contributed by atoms with Gasteiger partial charge in [0.15, 0.2) is 4.80 Å². The number of benzene rings is 1. The van der Waals surface area contributed by atoms with E-state index in [-0.39, 0.29) is 30.4 Å². The fraction of sp³-hybridized carbons (Fsp3) is 0.357. The normalized spacial score (nSPS) is 12.5. The van der Waals surface area contributed by atoms with E-state index in [1.54, 1.807) is 17.6 Å². The molecule has 1 aromatic heterocycles. The number of carbonyl (C=O) groups is 2. The molecular weight excluding hydrogens is 354 g/mol. The molecule has 0 unspecified atom stereocenters. The Morgan fingerprint density at radius 1 is 1.38 bits per heavy atom. The molecule has 2 aromatic rings. The summed E-state index contributed by atoms with van der Waals surface area (Å²) in [7, 11) is -3.83. The van der Waals surface area contributed by atoms with Crippen LogP contribution in [0, 0.1) is 0 Å². The minimum Gasteiger partial charge on any atom is -0.466 e. The number of hydrogen-bond acceptors (Lipinski definition) is 6. The van der Waals surface area contributed by atoms with Crippen LogP contribution in [0.2, 0.25) is 0 Å². The molecular formula is C14H17N3O5S2. The highest BCUT2D eigenvalue weighted by atomic mass is 32.2. The van der Waals surface area contributed by atoms with E-state index in [2.05, 4.69) is 4.99 Å². The van der Waals surface area contributed by atoms with Crippen molar-refractivity contribution in [3.63, 3.8) is 0 Å². The third-order valence-corrected chi connectivity index (χ3v) is 5.03. The van der Waals surface area contributed by atoms with Crippen LogP contribution in [0.15, 0.2) is 28.1 Å². The molecule has 2 rings (SSSR count). The molecule has 0 fully saturated rings. The number of amides is 1. The van der Waals surface area contributed by atoms with Gasteiger partial charge in [0.25, 0.3) is 0 Å². The molecule has 24 heavy (non-hydrogen) atoms. The first kappa shape index (κ1) is 18.3. The van der Waals surface area contributed by atoms with Crippen LogP contribution in [-0.4, -0.2) is 31.5 Å². The van der Waals surface area contributed by atoms with Crippen molar-refractivity contribution in [2.75, 3.05) is 6.61 Å². The second-order valence-corrected chi connectivity index (χ2v) is 7.47. The van der Waals surface area contributed by atoms with Gasteiger partial charge in [0.1, 0.15) is 0 Å². The number of carbonyl (C=O) groups excluding carboxylic acids is 2. The largest absolute Gasteiger partial charge is 0.466 e. The molecule has 0 radical (unpaired) electrons. The summed E-state index contributed by atoms with van der Waals surface area (Å²) in [5.41, 5.74) is 0.664. The number of aromatic nitrogens is 1. The van der Waals surface area contributed by atoms with Gasteiger partial charge in [-0.15, -0.1) is 0 Å². The number of ether oxygens (including phenoxy) is 1. The summed E-state index contributed by atoms with van der Waals surface area (Å²) in [4.78, 5) is 27.2. The number of primary sulfonamides is 1. The summed E-state index contributed by atoms with van der Waals surface area (Å²) in [6.07, 6.45) is 0.113. The first-order valence-corrected chi connectivity index (χ1v) is 9.45. The minimum absolute atomic E-state index is 0.0248. The molecule has 0 spiro atoms. The second-order valence-electron chi connectivity index (χ2n) is 4.90. The van der Waals surface area contributed by atoms with Crippen LogP contribution in [-0.2, 0) is 30.9 Å². The van der Waals surface area contributed by atoms with E-state index in [1.807, 2.05) is 0 Å². The highest BCUT2D eigenvalue weighted by Gasteiger charge is 2.14. The van der Waals surface area contributed by atoms with Crippen molar-refractivity contribution in [1.82, 2.24) is 4.57 Å². The molecule has 1 heterocycles. The average Bonchev–Trinajstić information content (AvgIpc) is 2.80. The number of aryl methyl sites for hydroxylation is 1. The number of nitrogens with zero attached hydrogens (tertiary/aromatic N) is 2. The average molecular weight is 371 g/mol. The van der Waals surface area contributed by atoms with E-state index in [9.17, 15) is 18.0 Å². The van der Waals surface area contributed by atoms with Crippen LogP contribution in [0.5, 0.6) is 0 Å². The Morgan fingerprint density at radius 3 is 2.67 bits per heavy atom. The molecule has 0 saturated heterocycles. The van der Waals surface area contributed by atoms with E-state index < -0.39 is 15.9 Å². The fourth-order valence-corrected chi connectivity index (χ4v) is 3.86. The Bertz CT molecular complexity index is 956. The van der Waals surface area contributed by atoms with Crippen LogP contribution in [0.4, 0.5) is 0 Å². The maximum Gasteiger partial charge on any atom is 0.307 e. The van der Waals surface area contributed by atoms with E-state index >= 15 is 0 Å². The number of rotatable bonds is 5. The molecule has 0 aliphatic rings. The monoisotopic (exact) mass is 371 g/mol. The number of nitrogens with two attached hydrogens (primary N) is 1. The summed E-state index contributed by atoms with van der Waals surface area (Å²) >= 11 is 1.15. The van der Waals surface area contributed by atoms with Gasteiger partial charge in [0.05, 0.1) is 28.1 Å². The van der Waals surface area contributed by atoms with Crippen LogP contribution < -0.4 is 9.94 Å². The molecule has 1 amide bonds. The molecule has 0 aliphatic heterocycles. The van der Waals surface area contributed by atoms with Crippen molar-refractivity contribution in [2.45, 2.75) is 31.7 Å². The Labute approximate surface area is 142 Å². The first-order valence-electron chi connectivity index (χ1n) is 7.09. The summed E-state index contributed by atoms with van der Waals surface area (Å²) in [5.74, 6) is -0.752. The lowest BCUT2D eigenvalue weighted by Gasteiger charge is -2.05. The van der Waals surface area contributed by atoms with Crippen molar-refractivity contribution in [3.05, 3.63) is 23.0 Å². The van der Waals surface area contributed by atoms with Crippen LogP contribution in [0.1, 0.15) is 20.3 Å². The zero-order chi connectivity index (χ0) is 17.9. The third kappa shape index (κ3) is 4.28. The summed E-state index contributed by atoms with van der Waals surface area (Å²) < 4.78 is 30.1. The van der Waals surface area contributed by atoms with Gasteiger partial charge in [-0.2, -0.15) is 4.99 Å². The van der Waals surface area contributed by atoms with Gasteiger partial charge in [-0.05, 0) is 25.1 Å². The second kappa shape index (κ2) is 7.24. The standard InChI is InChI=1S/C14H17N3O5S2/c1-3-22-13(19)6-7-17-11-5-4-10(24(15,20)21)8-12(11)23-14(17)16-9(2)18/h4-5,8H,3,6-7H2,1-2H3,(H2,15,20,21). The zero-order valence-electron chi connectivity index (χ0n) is 13.2. The summed E-state index contributed by atoms with van der Waals surface area (Å²) in [6, 6.07) is 4.38. The lowest BCUT2D eigenvalue weighted by Crippen LogP contribution is -2.19. The fourth-order valence-electron chi connectivity index (χ4n) is 2.10. The number of thiazole rings is 1. The Kier molecular flexibility index (Phi) is 5.52. The van der Waals surface area contributed by atoms with Gasteiger partial charge in [0.2, 0.25) is 15.9 Å². The van der Waals surface area contributed by atoms with E-state index in [0.29, 0.717) is 15.0 Å². The number of esters is 1. The summed E-state index contributed by atoms with van der Waals surface area (Å²) in [6.45, 7) is 3.59. The first-order chi connectivity index (χ1) is 11.2. The molecule has 10 heteroatoms. The Hall–Kier alpha value is -2.04. The van der Waals surface area contributed by atoms with Gasteiger partial charge in [0, 0.05) is 13.5 Å². The van der Waals surface area contributed by atoms with Crippen molar-refractivity contribution in [2.24, 2.45) is 10.1 Å². The van der Waals surface area contributed by atoms with Gasteiger partial charge in [-0.1, -0.05) is 11.3 Å². The molecule has 0 saturated carbocycles. The summed E-state index contributed by atoms with van der Waals surface area (Å²) in [5, 5.41) is 5.14. The highest BCUT2D eigenvalue weighted by molar-refractivity contribution is 7.89. The molecule has 2 N–H and O–H groups in total. The molecule has 0 aliphatic carbocycles. The topological polar surface area (TPSA) is 121 Å². The highest BCUT2D eigenvalue weighted by Crippen LogP contribution is 2.21. The van der Waals surface area contributed by atoms with Crippen LogP contribution in [0.25, 0.3) is 10.2 Å². The van der Waals surface area contributed by atoms with E-state index in [0.717, 1.165) is 11.3 Å². The Balaban J connectivity index is 2.54. The molecule has 0 atom stereocenters. The van der Waals surface area contributed by atoms with Crippen molar-refractivity contribution < 1.29 is 22.7 Å². The number of fused-ring (bicyclic) bond motifs is 1. The molecule has 0 bridgehead atoms. The predicted octanol–water partition coefficient (Wildman–Crippen LogP) is 0.751. The van der Waals surface area contributed by atoms with Crippen LogP contribution in [0.3, 0.4) is 0 Å². The molecule has 130 valence electrons. The Morgan fingerprint density at radius 2 is 2.08 bits per heavy atom. The van der Waals surface area contributed by atoms with Gasteiger partial charge in [-0.25, -0.2) is 13.6 Å². The molecule has 8 nitrogen and oxygen atoms in total. The lowest BCUT2D eigenvalue weighted by molar-refractivity contribution is -0.143. The number of sulfonamides is 1. The smallest absolute Gasteiger partial charge is 0.307 e. The zero-order valence-corrected chi connectivity index (χ0v) is 14.8. The molecule has 1 aromatic carbocycles. The van der Waals surface area contributed by atoms with Gasteiger partial charge >= 0.3 is 5.97 Å². The minimum atomic E-state index is -3.83. The van der Waals surface area contributed by atoms with E-state index in [4.69, 9.17) is 9.88 Å². The van der Waals surface area contributed by atoms with Crippen molar-refractivity contribution in [3.8, 4) is 0 Å². The van der Waals surface area contributed by atoms with Crippen LogP contribution >= 0.6 is 11.3 Å². The predicted molar refractivity (Wildman–Crippen MR) is 88.7 cm³/mol.